The number of carboxylic acid groups (broad SMARTS) is 1. The lowest BCUT2D eigenvalue weighted by atomic mass is 10.1. The van der Waals surface area contributed by atoms with Gasteiger partial charge in [-0.1, -0.05) is 21.1 Å². The van der Waals surface area contributed by atoms with E-state index in [9.17, 15) is 13.2 Å². The molecule has 0 aliphatic carbocycles. The van der Waals surface area contributed by atoms with Crippen LogP contribution in [0.4, 0.5) is 0 Å². The smallest absolute Gasteiger partial charge is 0.335 e. The summed E-state index contributed by atoms with van der Waals surface area (Å²) >= 11 is 3.16. The first-order valence-electron chi connectivity index (χ1n) is 5.32. The second-order valence-corrected chi connectivity index (χ2v) is 6.81. The third kappa shape index (κ3) is 2.88. The average Bonchev–Trinajstić information content (AvgIpc) is 2.83. The van der Waals surface area contributed by atoms with Gasteiger partial charge in [0.15, 0.2) is 15.7 Å². The van der Waals surface area contributed by atoms with Crippen molar-refractivity contribution in [3.05, 3.63) is 40.0 Å². The largest absolute Gasteiger partial charge is 0.478 e. The number of carbonyl (C=O) groups is 1. The SMILES string of the molecule is Cc1c(Br)cc(C(=O)O)cc1S(=O)(=O)Cc1ncon1. The normalized spacial score (nSPS) is 11.5. The first kappa shape index (κ1) is 14.7. The summed E-state index contributed by atoms with van der Waals surface area (Å²) in [5.41, 5.74) is 0.313. The van der Waals surface area contributed by atoms with Crippen LogP contribution in [-0.2, 0) is 15.6 Å². The molecule has 0 unspecified atom stereocenters. The fraction of sp³-hybridized carbons (Fsp3) is 0.182. The summed E-state index contributed by atoms with van der Waals surface area (Å²) < 4.78 is 29.5. The van der Waals surface area contributed by atoms with Crippen molar-refractivity contribution in [2.45, 2.75) is 17.6 Å². The molecule has 1 N–H and O–H groups in total. The Labute approximate surface area is 122 Å². The number of hydrogen-bond acceptors (Lipinski definition) is 6. The number of benzene rings is 1. The maximum atomic E-state index is 12.3. The molecule has 106 valence electrons. The van der Waals surface area contributed by atoms with E-state index < -0.39 is 21.6 Å². The number of carboxylic acids is 1. The predicted octanol–water partition coefficient (Wildman–Crippen LogP) is 1.81. The van der Waals surface area contributed by atoms with Crippen LogP contribution < -0.4 is 0 Å². The molecule has 20 heavy (non-hydrogen) atoms. The average molecular weight is 361 g/mol. The van der Waals surface area contributed by atoms with Gasteiger partial charge < -0.3 is 9.63 Å². The minimum Gasteiger partial charge on any atom is -0.478 e. The minimum absolute atomic E-state index is 0.0150. The standard InChI is InChI=1S/C11H9BrN2O5S/c1-6-8(12)2-7(11(15)16)3-9(6)20(17,18)4-10-13-5-19-14-10/h2-3,5H,4H2,1H3,(H,15,16). The first-order chi connectivity index (χ1) is 9.31. The van der Waals surface area contributed by atoms with Crippen LogP contribution in [0, 0.1) is 6.92 Å². The number of sulfone groups is 1. The molecule has 7 nitrogen and oxygen atoms in total. The molecular weight excluding hydrogens is 352 g/mol. The van der Waals surface area contributed by atoms with Crippen LogP contribution in [0.5, 0.6) is 0 Å². The highest BCUT2D eigenvalue weighted by atomic mass is 79.9. The van der Waals surface area contributed by atoms with Crippen LogP contribution in [0.1, 0.15) is 21.7 Å². The molecule has 2 rings (SSSR count). The Balaban J connectivity index is 2.53. The number of aromatic carboxylic acids is 1. The van der Waals surface area contributed by atoms with Gasteiger partial charge in [-0.05, 0) is 24.6 Å². The second kappa shape index (κ2) is 5.33. The van der Waals surface area contributed by atoms with Gasteiger partial charge in [-0.25, -0.2) is 13.2 Å². The van der Waals surface area contributed by atoms with Crippen molar-refractivity contribution in [2.75, 3.05) is 0 Å². The van der Waals surface area contributed by atoms with Crippen molar-refractivity contribution in [3.8, 4) is 0 Å². The molecule has 2 aromatic rings. The fourth-order valence-corrected chi connectivity index (χ4v) is 3.70. The highest BCUT2D eigenvalue weighted by Gasteiger charge is 2.23. The molecule has 1 aromatic heterocycles. The van der Waals surface area contributed by atoms with Gasteiger partial charge in [0.05, 0.1) is 10.5 Å². The lowest BCUT2D eigenvalue weighted by molar-refractivity contribution is 0.0696. The maximum absolute atomic E-state index is 12.3. The molecule has 0 radical (unpaired) electrons. The van der Waals surface area contributed by atoms with Crippen molar-refractivity contribution >= 4 is 31.7 Å². The highest BCUT2D eigenvalue weighted by molar-refractivity contribution is 9.10. The number of aromatic nitrogens is 2. The van der Waals surface area contributed by atoms with E-state index >= 15 is 0 Å². The minimum atomic E-state index is -3.77. The number of hydrogen-bond donors (Lipinski definition) is 1. The van der Waals surface area contributed by atoms with Crippen molar-refractivity contribution < 1.29 is 22.8 Å². The Hall–Kier alpha value is -1.74. The molecule has 1 aromatic carbocycles. The second-order valence-electron chi connectivity index (χ2n) is 3.99. The van der Waals surface area contributed by atoms with Crippen molar-refractivity contribution in [1.29, 1.82) is 0 Å². The van der Waals surface area contributed by atoms with E-state index in [1.807, 2.05) is 0 Å². The van der Waals surface area contributed by atoms with E-state index in [4.69, 9.17) is 5.11 Å². The number of halogens is 1. The molecule has 0 aliphatic rings. The molecule has 0 fully saturated rings. The highest BCUT2D eigenvalue weighted by Crippen LogP contribution is 2.27. The van der Waals surface area contributed by atoms with Gasteiger partial charge in [0.2, 0.25) is 6.39 Å². The Kier molecular flexibility index (Phi) is 3.91. The van der Waals surface area contributed by atoms with Crippen molar-refractivity contribution in [2.24, 2.45) is 0 Å². The van der Waals surface area contributed by atoms with Crippen molar-refractivity contribution in [3.63, 3.8) is 0 Å². The summed E-state index contributed by atoms with van der Waals surface area (Å²) in [5, 5.41) is 12.4. The maximum Gasteiger partial charge on any atom is 0.335 e. The Morgan fingerprint density at radius 3 is 2.70 bits per heavy atom. The Morgan fingerprint density at radius 2 is 2.15 bits per heavy atom. The molecule has 0 saturated heterocycles. The number of nitrogens with zero attached hydrogens (tertiary/aromatic N) is 2. The van der Waals surface area contributed by atoms with E-state index in [1.165, 1.54) is 6.07 Å². The summed E-state index contributed by atoms with van der Waals surface area (Å²) in [6.07, 6.45) is 1.03. The van der Waals surface area contributed by atoms with Gasteiger partial charge in [-0.15, -0.1) is 0 Å². The summed E-state index contributed by atoms with van der Waals surface area (Å²) in [4.78, 5) is 14.6. The zero-order chi connectivity index (χ0) is 14.9. The summed E-state index contributed by atoms with van der Waals surface area (Å²) in [6.45, 7) is 1.58. The van der Waals surface area contributed by atoms with E-state index in [0.29, 0.717) is 10.0 Å². The Bertz CT molecular complexity index is 755. The molecule has 0 saturated carbocycles. The first-order valence-corrected chi connectivity index (χ1v) is 7.77. The summed E-state index contributed by atoms with van der Waals surface area (Å²) in [5.74, 6) is -1.65. The molecule has 0 amide bonds. The lowest BCUT2D eigenvalue weighted by Crippen LogP contribution is -2.10. The molecule has 9 heteroatoms. The van der Waals surface area contributed by atoms with E-state index in [2.05, 4.69) is 30.6 Å². The molecule has 0 aliphatic heterocycles. The van der Waals surface area contributed by atoms with E-state index in [-0.39, 0.29) is 16.3 Å². The van der Waals surface area contributed by atoms with Gasteiger partial charge in [0.25, 0.3) is 0 Å². The molecule has 0 bridgehead atoms. The van der Waals surface area contributed by atoms with Crippen LogP contribution in [0.15, 0.2) is 32.4 Å². The predicted molar refractivity (Wildman–Crippen MR) is 71.0 cm³/mol. The quantitative estimate of drug-likeness (QED) is 0.884. The number of rotatable bonds is 4. The Morgan fingerprint density at radius 1 is 1.45 bits per heavy atom. The van der Waals surface area contributed by atoms with Crippen LogP contribution in [0.3, 0.4) is 0 Å². The molecular formula is C11H9BrN2O5S. The lowest BCUT2D eigenvalue weighted by Gasteiger charge is -2.09. The van der Waals surface area contributed by atoms with E-state index in [1.54, 1.807) is 6.92 Å². The zero-order valence-electron chi connectivity index (χ0n) is 10.2. The topological polar surface area (TPSA) is 110 Å². The fourth-order valence-electron chi connectivity index (χ4n) is 1.60. The zero-order valence-corrected chi connectivity index (χ0v) is 12.6. The van der Waals surface area contributed by atoms with Gasteiger partial charge in [0, 0.05) is 4.47 Å². The van der Waals surface area contributed by atoms with Gasteiger partial charge in [-0.3, -0.25) is 0 Å². The van der Waals surface area contributed by atoms with Crippen LogP contribution in [0.2, 0.25) is 0 Å². The molecule has 0 spiro atoms. The third-order valence-corrected chi connectivity index (χ3v) is 5.16. The summed E-state index contributed by atoms with van der Waals surface area (Å²) in [7, 11) is -3.77. The van der Waals surface area contributed by atoms with Crippen LogP contribution in [-0.4, -0.2) is 29.6 Å². The van der Waals surface area contributed by atoms with Crippen LogP contribution in [0.25, 0.3) is 0 Å². The van der Waals surface area contributed by atoms with Gasteiger partial charge >= 0.3 is 5.97 Å². The van der Waals surface area contributed by atoms with Crippen LogP contribution >= 0.6 is 15.9 Å². The third-order valence-electron chi connectivity index (χ3n) is 2.60. The van der Waals surface area contributed by atoms with E-state index in [0.717, 1.165) is 12.5 Å². The summed E-state index contributed by atoms with van der Waals surface area (Å²) in [6, 6.07) is 2.48. The monoisotopic (exact) mass is 360 g/mol. The van der Waals surface area contributed by atoms with Gasteiger partial charge in [-0.2, -0.15) is 4.98 Å². The van der Waals surface area contributed by atoms with Gasteiger partial charge in [0.1, 0.15) is 5.75 Å². The molecule has 0 atom stereocenters. The molecule has 1 heterocycles. The van der Waals surface area contributed by atoms with Crippen molar-refractivity contribution in [1.82, 2.24) is 10.1 Å².